The van der Waals surface area contributed by atoms with Crippen molar-refractivity contribution in [3.05, 3.63) is 36.2 Å². The molecule has 0 spiro atoms. The molecule has 0 aliphatic carbocycles. The minimum absolute atomic E-state index is 0.0994. The molecule has 2 N–H and O–H groups in total. The molecule has 1 fully saturated rings. The van der Waals surface area contributed by atoms with Gasteiger partial charge in [0.25, 0.3) is 0 Å². The number of carbonyl (C=O) groups excluding carboxylic acids is 1. The maximum Gasteiger partial charge on any atom is 0.357 e. The number of hydrogen-bond donors (Lipinski definition) is 1. The molecule has 2 heterocycles. The summed E-state index contributed by atoms with van der Waals surface area (Å²) in [4.78, 5) is 16.0. The van der Waals surface area contributed by atoms with Crippen LogP contribution >= 0.6 is 0 Å². The molecule has 2 aromatic rings. The van der Waals surface area contributed by atoms with Gasteiger partial charge in [-0.3, -0.25) is 0 Å². The smallest absolute Gasteiger partial charge is 0.357 e. The van der Waals surface area contributed by atoms with Gasteiger partial charge >= 0.3 is 5.97 Å². The third kappa shape index (κ3) is 2.88. The summed E-state index contributed by atoms with van der Waals surface area (Å²) in [6, 6.07) is 6.25. The molecule has 1 aromatic carbocycles. The van der Waals surface area contributed by atoms with Gasteiger partial charge in [0.2, 0.25) is 10.0 Å². The van der Waals surface area contributed by atoms with Crippen LogP contribution < -0.4 is 5.73 Å². The molecule has 0 saturated carbocycles. The van der Waals surface area contributed by atoms with Crippen molar-refractivity contribution in [2.24, 2.45) is 5.73 Å². The summed E-state index contributed by atoms with van der Waals surface area (Å²) in [5.41, 5.74) is 6.02. The molecule has 1 atom stereocenters. The van der Waals surface area contributed by atoms with Crippen LogP contribution in [0.2, 0.25) is 0 Å². The van der Waals surface area contributed by atoms with Gasteiger partial charge < -0.3 is 10.5 Å². The molecule has 24 heavy (non-hydrogen) atoms. The number of fused-ring (bicyclic) bond motifs is 1. The van der Waals surface area contributed by atoms with Crippen LogP contribution in [0.5, 0.6) is 0 Å². The Morgan fingerprint density at radius 3 is 2.83 bits per heavy atom. The van der Waals surface area contributed by atoms with Crippen molar-refractivity contribution in [1.29, 1.82) is 0 Å². The molecule has 8 heteroatoms. The largest absolute Gasteiger partial charge is 0.464 e. The van der Waals surface area contributed by atoms with E-state index >= 15 is 0 Å². The number of benzene rings is 1. The number of aromatic nitrogens is 1. The molecule has 1 aliphatic heterocycles. The van der Waals surface area contributed by atoms with E-state index < -0.39 is 16.0 Å². The fourth-order valence-corrected chi connectivity index (χ4v) is 4.74. The van der Waals surface area contributed by atoms with Gasteiger partial charge in [0.05, 0.1) is 12.0 Å². The topological polar surface area (TPSA) is 103 Å². The Kier molecular flexibility index (Phi) is 4.53. The first-order valence-corrected chi connectivity index (χ1v) is 9.11. The maximum absolute atomic E-state index is 13.0. The highest BCUT2D eigenvalue weighted by atomic mass is 32.2. The van der Waals surface area contributed by atoms with Crippen LogP contribution in [0.1, 0.15) is 23.3 Å². The van der Waals surface area contributed by atoms with Crippen molar-refractivity contribution in [2.45, 2.75) is 23.8 Å². The van der Waals surface area contributed by atoms with Gasteiger partial charge in [0.15, 0.2) is 5.69 Å². The van der Waals surface area contributed by atoms with E-state index in [9.17, 15) is 13.2 Å². The number of ether oxygens (including phenoxy) is 1. The highest BCUT2D eigenvalue weighted by molar-refractivity contribution is 7.89. The summed E-state index contributed by atoms with van der Waals surface area (Å²) in [5, 5.41) is 0.902. The summed E-state index contributed by atoms with van der Waals surface area (Å²) in [6.07, 6.45) is 2.97. The normalized spacial score (nSPS) is 19.3. The highest BCUT2D eigenvalue weighted by Gasteiger charge is 2.30. The number of hydrogen-bond acceptors (Lipinski definition) is 6. The van der Waals surface area contributed by atoms with Crippen molar-refractivity contribution in [2.75, 3.05) is 20.2 Å². The lowest BCUT2D eigenvalue weighted by Gasteiger charge is -2.30. The number of carbonyl (C=O) groups is 1. The Morgan fingerprint density at radius 2 is 2.12 bits per heavy atom. The summed E-state index contributed by atoms with van der Waals surface area (Å²) >= 11 is 0. The van der Waals surface area contributed by atoms with Gasteiger partial charge in [-0.1, -0.05) is 12.1 Å². The lowest BCUT2D eigenvalue weighted by Crippen LogP contribution is -2.45. The first-order chi connectivity index (χ1) is 11.4. The Balaban J connectivity index is 2.14. The van der Waals surface area contributed by atoms with Crippen LogP contribution in [0.4, 0.5) is 0 Å². The minimum Gasteiger partial charge on any atom is -0.464 e. The second-order valence-electron chi connectivity index (χ2n) is 5.77. The van der Waals surface area contributed by atoms with E-state index in [-0.39, 0.29) is 16.6 Å². The number of rotatable bonds is 3. The van der Waals surface area contributed by atoms with Crippen molar-refractivity contribution in [3.63, 3.8) is 0 Å². The van der Waals surface area contributed by atoms with Crippen molar-refractivity contribution < 1.29 is 17.9 Å². The van der Waals surface area contributed by atoms with E-state index in [4.69, 9.17) is 10.5 Å². The number of nitrogens with zero attached hydrogens (tertiary/aromatic N) is 2. The lowest BCUT2D eigenvalue weighted by molar-refractivity contribution is 0.0596. The highest BCUT2D eigenvalue weighted by Crippen LogP contribution is 2.28. The van der Waals surface area contributed by atoms with Gasteiger partial charge in [0.1, 0.15) is 0 Å². The third-order valence-corrected chi connectivity index (χ3v) is 6.11. The molecule has 7 nitrogen and oxygen atoms in total. The molecule has 0 bridgehead atoms. The third-order valence-electron chi connectivity index (χ3n) is 4.18. The summed E-state index contributed by atoms with van der Waals surface area (Å²) in [7, 11) is -2.43. The number of esters is 1. The Hall–Kier alpha value is -2.03. The molecule has 3 rings (SSSR count). The van der Waals surface area contributed by atoms with Crippen molar-refractivity contribution in [1.82, 2.24) is 9.29 Å². The van der Waals surface area contributed by atoms with Crippen molar-refractivity contribution in [3.8, 4) is 0 Å². The first-order valence-electron chi connectivity index (χ1n) is 7.67. The van der Waals surface area contributed by atoms with Gasteiger partial charge in [-0.25, -0.2) is 18.2 Å². The second kappa shape index (κ2) is 6.46. The Bertz CT molecular complexity index is 882. The minimum atomic E-state index is -3.70. The molecule has 0 radical (unpaired) electrons. The molecule has 128 valence electrons. The number of piperidine rings is 1. The van der Waals surface area contributed by atoms with E-state index in [2.05, 4.69) is 4.98 Å². The standard InChI is InChI=1S/C16H19N3O4S/c1-23-16(20)15-13-5-2-6-14(12(13)7-8-18-15)24(21,22)19-9-3-4-11(17)10-19/h2,5-8,11H,3-4,9-10,17H2,1H3. The zero-order chi connectivity index (χ0) is 17.3. The molecule has 1 aliphatic rings. The van der Waals surface area contributed by atoms with E-state index in [0.717, 1.165) is 12.8 Å². The van der Waals surface area contributed by atoms with Crippen LogP contribution in [-0.2, 0) is 14.8 Å². The summed E-state index contributed by atoms with van der Waals surface area (Å²) in [6.45, 7) is 0.745. The van der Waals surface area contributed by atoms with E-state index in [1.54, 1.807) is 24.3 Å². The van der Waals surface area contributed by atoms with Crippen LogP contribution in [0.25, 0.3) is 10.8 Å². The summed E-state index contributed by atoms with van der Waals surface area (Å²) in [5.74, 6) is -0.602. The van der Waals surface area contributed by atoms with E-state index in [1.165, 1.54) is 17.6 Å². The molecule has 0 amide bonds. The van der Waals surface area contributed by atoms with Crippen LogP contribution in [0.15, 0.2) is 35.4 Å². The van der Waals surface area contributed by atoms with E-state index in [1.807, 2.05) is 0 Å². The van der Waals surface area contributed by atoms with Crippen molar-refractivity contribution >= 4 is 26.8 Å². The van der Waals surface area contributed by atoms with Gasteiger partial charge in [-0.2, -0.15) is 4.31 Å². The quantitative estimate of drug-likeness (QED) is 0.834. The SMILES string of the molecule is COC(=O)c1nccc2c(S(=O)(=O)N3CCCC(N)C3)cccc12. The first kappa shape index (κ1) is 16.8. The zero-order valence-electron chi connectivity index (χ0n) is 13.3. The van der Waals surface area contributed by atoms with E-state index in [0.29, 0.717) is 23.9 Å². The van der Waals surface area contributed by atoms with Gasteiger partial charge in [0, 0.05) is 36.1 Å². The molecular formula is C16H19N3O4S. The van der Waals surface area contributed by atoms with Crippen LogP contribution in [0.3, 0.4) is 0 Å². The average Bonchev–Trinajstić information content (AvgIpc) is 2.60. The second-order valence-corrected chi connectivity index (χ2v) is 7.67. The fraction of sp³-hybridized carbons (Fsp3) is 0.375. The zero-order valence-corrected chi connectivity index (χ0v) is 14.1. The molecular weight excluding hydrogens is 330 g/mol. The molecule has 1 saturated heterocycles. The molecule has 1 aromatic heterocycles. The number of nitrogens with two attached hydrogens (primary N) is 1. The monoisotopic (exact) mass is 349 g/mol. The van der Waals surface area contributed by atoms with Gasteiger partial charge in [-0.15, -0.1) is 0 Å². The maximum atomic E-state index is 13.0. The van der Waals surface area contributed by atoms with Gasteiger partial charge in [-0.05, 0) is 25.0 Å². The predicted molar refractivity (Wildman–Crippen MR) is 89.1 cm³/mol. The lowest BCUT2D eigenvalue weighted by atomic mass is 10.1. The molecule has 1 unspecified atom stereocenters. The Morgan fingerprint density at radius 1 is 1.33 bits per heavy atom. The summed E-state index contributed by atoms with van der Waals surface area (Å²) < 4.78 is 32.2. The number of sulfonamides is 1. The average molecular weight is 349 g/mol. The Labute approximate surface area is 140 Å². The number of methoxy groups -OCH3 is 1. The predicted octanol–water partition coefficient (Wildman–Crippen LogP) is 1.13. The fourth-order valence-electron chi connectivity index (χ4n) is 2.99. The number of pyridine rings is 1. The van der Waals surface area contributed by atoms with Crippen LogP contribution in [-0.4, -0.2) is 49.9 Å². The van der Waals surface area contributed by atoms with Crippen LogP contribution in [0, 0.1) is 0 Å².